The lowest BCUT2D eigenvalue weighted by atomic mass is 10.1. The van der Waals surface area contributed by atoms with E-state index in [0.29, 0.717) is 23.7 Å². The molecule has 0 spiro atoms. The molecule has 0 aliphatic heterocycles. The minimum Gasteiger partial charge on any atom is -0.493 e. The molecule has 4 heteroatoms. The fraction of sp³-hybridized carbons (Fsp3) is 0.364. The predicted molar refractivity (Wildman–Crippen MR) is 54.5 cm³/mol. The summed E-state index contributed by atoms with van der Waals surface area (Å²) in [6.45, 7) is 1.28. The first-order valence-electron chi connectivity index (χ1n) is 4.63. The quantitative estimate of drug-likeness (QED) is 0.702. The molecule has 3 nitrogen and oxygen atoms in total. The van der Waals surface area contributed by atoms with E-state index < -0.39 is 12.5 Å². The molecule has 0 fully saturated rings. The molecule has 0 heterocycles. The van der Waals surface area contributed by atoms with Gasteiger partial charge in [0.25, 0.3) is 0 Å². The van der Waals surface area contributed by atoms with Gasteiger partial charge in [-0.05, 0) is 25.1 Å². The highest BCUT2D eigenvalue weighted by molar-refractivity contribution is 5.97. The van der Waals surface area contributed by atoms with Crippen molar-refractivity contribution >= 4 is 5.78 Å². The molecule has 0 N–H and O–H groups in total. The number of hydrogen-bond acceptors (Lipinski definition) is 3. The molecule has 0 radical (unpaired) electrons. The zero-order valence-electron chi connectivity index (χ0n) is 8.75. The van der Waals surface area contributed by atoms with Crippen molar-refractivity contribution in [2.45, 2.75) is 6.92 Å². The summed E-state index contributed by atoms with van der Waals surface area (Å²) in [6.07, 6.45) is 0. The summed E-state index contributed by atoms with van der Waals surface area (Å²) in [4.78, 5) is 11.1. The van der Waals surface area contributed by atoms with Gasteiger partial charge in [0.1, 0.15) is 0 Å². The van der Waals surface area contributed by atoms with E-state index in [1.165, 1.54) is 19.2 Å². The maximum atomic E-state index is 12.2. The number of alkyl halides is 1. The number of methoxy groups -OCH3 is 1. The van der Waals surface area contributed by atoms with E-state index >= 15 is 0 Å². The highest BCUT2D eigenvalue weighted by atomic mass is 19.1. The van der Waals surface area contributed by atoms with Crippen LogP contribution in [0.2, 0.25) is 0 Å². The van der Waals surface area contributed by atoms with E-state index in [1.807, 2.05) is 6.92 Å². The number of ether oxygens (including phenoxy) is 2. The van der Waals surface area contributed by atoms with E-state index in [0.717, 1.165) is 0 Å². The van der Waals surface area contributed by atoms with Gasteiger partial charge >= 0.3 is 0 Å². The normalized spacial score (nSPS) is 9.80. The zero-order valence-corrected chi connectivity index (χ0v) is 8.75. The first kappa shape index (κ1) is 11.5. The molecule has 0 atom stereocenters. The van der Waals surface area contributed by atoms with Crippen molar-refractivity contribution in [3.8, 4) is 11.5 Å². The van der Waals surface area contributed by atoms with Crippen molar-refractivity contribution in [2.75, 3.05) is 20.4 Å². The van der Waals surface area contributed by atoms with E-state index in [-0.39, 0.29) is 0 Å². The van der Waals surface area contributed by atoms with Crippen molar-refractivity contribution in [1.82, 2.24) is 0 Å². The number of benzene rings is 1. The fourth-order valence-electron chi connectivity index (χ4n) is 1.20. The molecular formula is C11H13FO3. The van der Waals surface area contributed by atoms with Crippen LogP contribution in [0.25, 0.3) is 0 Å². The third-order valence-corrected chi connectivity index (χ3v) is 1.91. The van der Waals surface area contributed by atoms with Crippen molar-refractivity contribution in [2.24, 2.45) is 0 Å². The number of halogens is 1. The lowest BCUT2D eigenvalue weighted by molar-refractivity contribution is 0.0958. The monoisotopic (exact) mass is 212 g/mol. The molecule has 0 saturated heterocycles. The molecular weight excluding hydrogens is 199 g/mol. The van der Waals surface area contributed by atoms with Gasteiger partial charge in [-0.2, -0.15) is 0 Å². The molecule has 82 valence electrons. The van der Waals surface area contributed by atoms with Gasteiger partial charge in [-0.15, -0.1) is 0 Å². The number of Topliss-reactive ketones (excluding diaryl/α,β-unsaturated/α-hetero) is 1. The summed E-state index contributed by atoms with van der Waals surface area (Å²) >= 11 is 0. The van der Waals surface area contributed by atoms with Gasteiger partial charge in [0.05, 0.1) is 13.7 Å². The Morgan fingerprint density at radius 1 is 1.40 bits per heavy atom. The molecule has 1 rings (SSSR count). The van der Waals surface area contributed by atoms with Crippen LogP contribution in [0.3, 0.4) is 0 Å². The largest absolute Gasteiger partial charge is 0.493 e. The molecule has 0 aromatic heterocycles. The second-order valence-electron chi connectivity index (χ2n) is 2.86. The second-order valence-corrected chi connectivity index (χ2v) is 2.86. The van der Waals surface area contributed by atoms with Crippen LogP contribution in [-0.4, -0.2) is 26.2 Å². The fourth-order valence-corrected chi connectivity index (χ4v) is 1.20. The van der Waals surface area contributed by atoms with Crippen LogP contribution in [-0.2, 0) is 0 Å². The summed E-state index contributed by atoms with van der Waals surface area (Å²) in [5, 5.41) is 0. The molecule has 1 aromatic carbocycles. The SMILES string of the molecule is CCOc1cc(C(=O)CF)ccc1OC. The minimum atomic E-state index is -1.00. The molecule has 0 amide bonds. The Morgan fingerprint density at radius 3 is 2.67 bits per heavy atom. The molecule has 0 saturated carbocycles. The molecule has 0 bridgehead atoms. The number of rotatable bonds is 5. The molecule has 0 unspecified atom stereocenters. The Kier molecular flexibility index (Phi) is 4.09. The predicted octanol–water partition coefficient (Wildman–Crippen LogP) is 2.25. The molecule has 0 aliphatic rings. The first-order valence-corrected chi connectivity index (χ1v) is 4.63. The van der Waals surface area contributed by atoms with Gasteiger partial charge in [0, 0.05) is 5.56 Å². The lowest BCUT2D eigenvalue weighted by Crippen LogP contribution is -2.03. The van der Waals surface area contributed by atoms with Gasteiger partial charge in [0.2, 0.25) is 0 Å². The van der Waals surface area contributed by atoms with Crippen molar-refractivity contribution < 1.29 is 18.7 Å². The third-order valence-electron chi connectivity index (χ3n) is 1.91. The number of carbonyl (C=O) groups excluding carboxylic acids is 1. The molecule has 0 aliphatic carbocycles. The number of ketones is 1. The maximum Gasteiger partial charge on any atom is 0.193 e. The Hall–Kier alpha value is -1.58. The Labute approximate surface area is 87.8 Å². The summed E-state index contributed by atoms with van der Waals surface area (Å²) < 4.78 is 22.5. The summed E-state index contributed by atoms with van der Waals surface area (Å²) in [5.41, 5.74) is 0.293. The summed E-state index contributed by atoms with van der Waals surface area (Å²) in [5.74, 6) is 0.435. The van der Waals surface area contributed by atoms with Gasteiger partial charge in [0.15, 0.2) is 24.0 Å². The number of hydrogen-bond donors (Lipinski definition) is 0. The van der Waals surface area contributed by atoms with Crippen molar-refractivity contribution in [3.05, 3.63) is 23.8 Å². The van der Waals surface area contributed by atoms with Crippen LogP contribution in [0.15, 0.2) is 18.2 Å². The Morgan fingerprint density at radius 2 is 2.13 bits per heavy atom. The van der Waals surface area contributed by atoms with E-state index in [1.54, 1.807) is 6.07 Å². The smallest absolute Gasteiger partial charge is 0.193 e. The van der Waals surface area contributed by atoms with E-state index in [2.05, 4.69) is 0 Å². The average molecular weight is 212 g/mol. The van der Waals surface area contributed by atoms with E-state index in [4.69, 9.17) is 9.47 Å². The average Bonchev–Trinajstić information content (AvgIpc) is 2.28. The van der Waals surface area contributed by atoms with Gasteiger partial charge in [-0.3, -0.25) is 4.79 Å². The zero-order chi connectivity index (χ0) is 11.3. The highest BCUT2D eigenvalue weighted by Crippen LogP contribution is 2.28. The van der Waals surface area contributed by atoms with Gasteiger partial charge < -0.3 is 9.47 Å². The van der Waals surface area contributed by atoms with Gasteiger partial charge in [-0.25, -0.2) is 4.39 Å². The second kappa shape index (κ2) is 5.34. The minimum absolute atomic E-state index is 0.293. The Balaban J connectivity index is 3.04. The van der Waals surface area contributed by atoms with E-state index in [9.17, 15) is 9.18 Å². The third kappa shape index (κ3) is 2.68. The van der Waals surface area contributed by atoms with Crippen LogP contribution in [0.1, 0.15) is 17.3 Å². The standard InChI is InChI=1S/C11H13FO3/c1-3-15-11-6-8(9(13)7-12)4-5-10(11)14-2/h4-6H,3,7H2,1-2H3. The topological polar surface area (TPSA) is 35.5 Å². The number of carbonyl (C=O) groups is 1. The molecule has 1 aromatic rings. The molecule has 15 heavy (non-hydrogen) atoms. The summed E-state index contributed by atoms with van der Waals surface area (Å²) in [6, 6.07) is 4.60. The van der Waals surface area contributed by atoms with Crippen LogP contribution < -0.4 is 9.47 Å². The van der Waals surface area contributed by atoms with Crippen LogP contribution in [0, 0.1) is 0 Å². The van der Waals surface area contributed by atoms with Crippen LogP contribution in [0.4, 0.5) is 4.39 Å². The van der Waals surface area contributed by atoms with Crippen LogP contribution in [0.5, 0.6) is 11.5 Å². The van der Waals surface area contributed by atoms with Gasteiger partial charge in [-0.1, -0.05) is 0 Å². The van der Waals surface area contributed by atoms with Crippen molar-refractivity contribution in [3.63, 3.8) is 0 Å². The Bertz CT molecular complexity index is 350. The maximum absolute atomic E-state index is 12.2. The highest BCUT2D eigenvalue weighted by Gasteiger charge is 2.10. The van der Waals surface area contributed by atoms with Crippen molar-refractivity contribution in [1.29, 1.82) is 0 Å². The van der Waals surface area contributed by atoms with Crippen LogP contribution >= 0.6 is 0 Å². The first-order chi connectivity index (χ1) is 7.22. The summed E-state index contributed by atoms with van der Waals surface area (Å²) in [7, 11) is 1.51. The lowest BCUT2D eigenvalue weighted by Gasteiger charge is -2.09.